The van der Waals surface area contributed by atoms with Gasteiger partial charge in [-0.1, -0.05) is 12.1 Å². The molecule has 2 aliphatic carbocycles. The average Bonchev–Trinajstić information content (AvgIpc) is 3.40. The summed E-state index contributed by atoms with van der Waals surface area (Å²) in [6.07, 6.45) is 2.12. The molecular formula is C28H32F3N3O3. The Kier molecular flexibility index (Phi) is 7.25. The van der Waals surface area contributed by atoms with Crippen molar-refractivity contribution in [2.24, 2.45) is 17.8 Å². The summed E-state index contributed by atoms with van der Waals surface area (Å²) in [7, 11) is 1.62. The fourth-order valence-electron chi connectivity index (χ4n) is 6.26. The van der Waals surface area contributed by atoms with Crippen LogP contribution in [0.3, 0.4) is 0 Å². The predicted octanol–water partition coefficient (Wildman–Crippen LogP) is 5.30. The van der Waals surface area contributed by atoms with Gasteiger partial charge in [-0.2, -0.15) is 13.2 Å². The maximum absolute atomic E-state index is 12.9. The zero-order chi connectivity index (χ0) is 26.2. The number of fused-ring (bicyclic) bond motifs is 1. The number of amides is 1. The topological polar surface area (TPSA) is 71.5 Å². The number of ketones is 1. The van der Waals surface area contributed by atoms with E-state index in [1.54, 1.807) is 7.11 Å². The summed E-state index contributed by atoms with van der Waals surface area (Å²) in [5.41, 5.74) is 0.540. The lowest BCUT2D eigenvalue weighted by Crippen LogP contribution is -2.38. The van der Waals surface area contributed by atoms with E-state index < -0.39 is 17.6 Å². The lowest BCUT2D eigenvalue weighted by molar-refractivity contribution is -0.137. The molecule has 2 heterocycles. The number of methoxy groups -OCH3 is 1. The minimum atomic E-state index is -4.47. The van der Waals surface area contributed by atoms with Crippen LogP contribution in [-0.2, 0) is 15.8 Å². The van der Waals surface area contributed by atoms with Crippen LogP contribution in [0, 0.1) is 17.8 Å². The minimum Gasteiger partial charge on any atom is -0.481 e. The number of likely N-dealkylation sites (tertiary alicyclic amines) is 1. The molecule has 2 aromatic rings. The second-order valence-corrected chi connectivity index (χ2v) is 10.5. The Labute approximate surface area is 214 Å². The molecule has 0 radical (unpaired) electrons. The third kappa shape index (κ3) is 5.81. The van der Waals surface area contributed by atoms with E-state index >= 15 is 0 Å². The van der Waals surface area contributed by atoms with Crippen LogP contribution >= 0.6 is 0 Å². The van der Waals surface area contributed by atoms with Crippen molar-refractivity contribution < 1.29 is 27.5 Å². The van der Waals surface area contributed by atoms with Crippen LogP contribution in [0.1, 0.15) is 55.6 Å². The lowest BCUT2D eigenvalue weighted by atomic mass is 9.81. The summed E-state index contributed by atoms with van der Waals surface area (Å²) in [6.45, 7) is 1.88. The number of ether oxygens (including phenoxy) is 1. The smallest absolute Gasteiger partial charge is 0.416 e. The SMILES string of the molecule is COc1ccc(C2CCC(N3C[C@@H]4C(C(=O)CCC(=O)Nc5cccc(C(F)(F)F)c5)[C@@H]4C3)CC2)cn1. The highest BCUT2D eigenvalue weighted by Gasteiger charge is 2.59. The van der Waals surface area contributed by atoms with Gasteiger partial charge in [0, 0.05) is 55.8 Å². The van der Waals surface area contributed by atoms with Crippen LogP contribution in [-0.4, -0.2) is 47.8 Å². The van der Waals surface area contributed by atoms with Gasteiger partial charge in [0.05, 0.1) is 12.7 Å². The summed E-state index contributed by atoms with van der Waals surface area (Å²) in [5.74, 6) is 1.61. The number of rotatable bonds is 8. The third-order valence-electron chi connectivity index (χ3n) is 8.32. The number of piperidine rings is 1. The molecule has 2 saturated carbocycles. The molecule has 3 aliphatic rings. The maximum atomic E-state index is 12.9. The van der Waals surface area contributed by atoms with Gasteiger partial charge < -0.3 is 10.1 Å². The third-order valence-corrected chi connectivity index (χ3v) is 8.32. The number of benzene rings is 1. The number of Topliss-reactive ketones (excluding diaryl/α,β-unsaturated/α-hetero) is 1. The first-order chi connectivity index (χ1) is 17.7. The molecule has 1 N–H and O–H groups in total. The Morgan fingerprint density at radius 2 is 1.78 bits per heavy atom. The first-order valence-corrected chi connectivity index (χ1v) is 13.0. The van der Waals surface area contributed by atoms with Crippen molar-refractivity contribution in [2.75, 3.05) is 25.5 Å². The number of nitrogens with zero attached hydrogens (tertiary/aromatic N) is 2. The van der Waals surface area contributed by atoms with Crippen LogP contribution in [0.5, 0.6) is 5.88 Å². The number of alkyl halides is 3. The second-order valence-electron chi connectivity index (χ2n) is 10.5. The van der Waals surface area contributed by atoms with Crippen LogP contribution in [0.15, 0.2) is 42.6 Å². The highest BCUT2D eigenvalue weighted by Crippen LogP contribution is 2.54. The monoisotopic (exact) mass is 515 g/mol. The molecule has 198 valence electrons. The van der Waals surface area contributed by atoms with Crippen molar-refractivity contribution >= 4 is 17.4 Å². The molecule has 6 nitrogen and oxygen atoms in total. The molecular weight excluding hydrogens is 483 g/mol. The van der Waals surface area contributed by atoms with E-state index in [2.05, 4.69) is 21.3 Å². The molecule has 37 heavy (non-hydrogen) atoms. The van der Waals surface area contributed by atoms with Crippen molar-refractivity contribution in [1.82, 2.24) is 9.88 Å². The van der Waals surface area contributed by atoms with Gasteiger partial charge in [-0.3, -0.25) is 14.5 Å². The van der Waals surface area contributed by atoms with E-state index in [9.17, 15) is 22.8 Å². The average molecular weight is 516 g/mol. The van der Waals surface area contributed by atoms with E-state index in [0.717, 1.165) is 50.9 Å². The van der Waals surface area contributed by atoms with Crippen molar-refractivity contribution in [3.8, 4) is 5.88 Å². The number of carbonyl (C=O) groups is 2. The van der Waals surface area contributed by atoms with E-state index in [-0.39, 0.29) is 30.2 Å². The molecule has 1 amide bonds. The molecule has 1 saturated heterocycles. The van der Waals surface area contributed by atoms with Crippen LogP contribution in [0.4, 0.5) is 18.9 Å². The summed E-state index contributed by atoms with van der Waals surface area (Å²) < 4.78 is 43.7. The quantitative estimate of drug-likeness (QED) is 0.517. The molecule has 9 heteroatoms. The van der Waals surface area contributed by atoms with Gasteiger partial charge >= 0.3 is 6.18 Å². The Morgan fingerprint density at radius 1 is 1.05 bits per heavy atom. The van der Waals surface area contributed by atoms with E-state index in [1.807, 2.05) is 12.3 Å². The highest BCUT2D eigenvalue weighted by atomic mass is 19.4. The molecule has 5 rings (SSSR count). The molecule has 1 aromatic carbocycles. The number of carbonyl (C=O) groups excluding carboxylic acids is 2. The normalized spacial score (nSPS) is 27.4. The molecule has 0 spiro atoms. The van der Waals surface area contributed by atoms with Crippen molar-refractivity contribution in [1.29, 1.82) is 0 Å². The van der Waals surface area contributed by atoms with Crippen molar-refractivity contribution in [3.05, 3.63) is 53.7 Å². The molecule has 3 atom stereocenters. The largest absolute Gasteiger partial charge is 0.481 e. The van der Waals surface area contributed by atoms with E-state index in [4.69, 9.17) is 4.74 Å². The standard InChI is InChI=1S/C28H32F3N3O3/c1-37-26-12-7-18(14-32-26)17-5-8-21(9-6-17)34-15-22-23(16-34)27(22)24(35)10-11-25(36)33-20-4-2-3-19(13-20)28(29,30)31/h2-4,7,12-14,17,21-23,27H,5-6,8-11,15-16H2,1H3,(H,33,36)/t17?,21?,22-,23+,27?. The first kappa shape index (κ1) is 25.7. The van der Waals surface area contributed by atoms with Gasteiger partial charge in [-0.05, 0) is 67.2 Å². The first-order valence-electron chi connectivity index (χ1n) is 13.0. The summed E-state index contributed by atoms with van der Waals surface area (Å²) in [5, 5.41) is 2.48. The Balaban J connectivity index is 1.03. The van der Waals surface area contributed by atoms with Crippen molar-refractivity contribution in [2.45, 2.75) is 56.7 Å². The van der Waals surface area contributed by atoms with Crippen LogP contribution in [0.2, 0.25) is 0 Å². The fraction of sp³-hybridized carbons (Fsp3) is 0.536. The highest BCUT2D eigenvalue weighted by molar-refractivity contribution is 5.94. The van der Waals surface area contributed by atoms with E-state index in [1.165, 1.54) is 17.7 Å². The number of pyridine rings is 1. The second kappa shape index (κ2) is 10.4. The van der Waals surface area contributed by atoms with Gasteiger partial charge in [0.2, 0.25) is 11.8 Å². The van der Waals surface area contributed by atoms with Gasteiger partial charge in [0.25, 0.3) is 0 Å². The maximum Gasteiger partial charge on any atom is 0.416 e. The number of anilines is 1. The van der Waals surface area contributed by atoms with Crippen molar-refractivity contribution in [3.63, 3.8) is 0 Å². The summed E-state index contributed by atoms with van der Waals surface area (Å²) in [4.78, 5) is 31.8. The number of hydrogen-bond donors (Lipinski definition) is 1. The molecule has 1 aromatic heterocycles. The molecule has 1 unspecified atom stereocenters. The predicted molar refractivity (Wildman–Crippen MR) is 132 cm³/mol. The Hall–Kier alpha value is -2.94. The van der Waals surface area contributed by atoms with Gasteiger partial charge in [0.15, 0.2) is 0 Å². The molecule has 1 aliphatic heterocycles. The number of nitrogens with one attached hydrogen (secondary N) is 1. The number of halogens is 3. The fourth-order valence-corrected chi connectivity index (χ4v) is 6.26. The number of hydrogen-bond acceptors (Lipinski definition) is 5. The molecule has 3 fully saturated rings. The Bertz CT molecular complexity index is 1120. The lowest BCUT2D eigenvalue weighted by Gasteiger charge is -2.36. The van der Waals surface area contributed by atoms with Crippen LogP contribution < -0.4 is 10.1 Å². The van der Waals surface area contributed by atoms with Crippen LogP contribution in [0.25, 0.3) is 0 Å². The Morgan fingerprint density at radius 3 is 2.41 bits per heavy atom. The van der Waals surface area contributed by atoms with Gasteiger partial charge in [-0.25, -0.2) is 4.98 Å². The van der Waals surface area contributed by atoms with Gasteiger partial charge in [-0.15, -0.1) is 0 Å². The summed E-state index contributed by atoms with van der Waals surface area (Å²) >= 11 is 0. The molecule has 0 bridgehead atoms. The minimum absolute atomic E-state index is 0.0149. The van der Waals surface area contributed by atoms with E-state index in [0.29, 0.717) is 29.7 Å². The zero-order valence-corrected chi connectivity index (χ0v) is 20.8. The zero-order valence-electron chi connectivity index (χ0n) is 20.8. The number of aromatic nitrogens is 1. The summed E-state index contributed by atoms with van der Waals surface area (Å²) in [6, 6.07) is 9.11. The van der Waals surface area contributed by atoms with Gasteiger partial charge in [0.1, 0.15) is 5.78 Å².